The van der Waals surface area contributed by atoms with E-state index in [1.165, 1.54) is 12.7 Å². The van der Waals surface area contributed by atoms with E-state index in [0.29, 0.717) is 5.69 Å². The summed E-state index contributed by atoms with van der Waals surface area (Å²) in [5, 5.41) is 0.927. The van der Waals surface area contributed by atoms with E-state index >= 15 is 0 Å². The maximum absolute atomic E-state index is 11.6. The topological polar surface area (TPSA) is 39.2 Å². The summed E-state index contributed by atoms with van der Waals surface area (Å²) in [6, 6.07) is 10.2. The van der Waals surface area contributed by atoms with Crippen LogP contribution in [0.5, 0.6) is 0 Å². The van der Waals surface area contributed by atoms with Crippen molar-refractivity contribution in [2.45, 2.75) is 26.2 Å². The summed E-state index contributed by atoms with van der Waals surface area (Å²) in [4.78, 5) is 17.0. The maximum Gasteiger partial charge on any atom is 0.357 e. The van der Waals surface area contributed by atoms with Crippen LogP contribution in [0.25, 0.3) is 0 Å². The van der Waals surface area contributed by atoms with E-state index in [1.807, 2.05) is 25.1 Å². The quantitative estimate of drug-likeness (QED) is 0.804. The number of aryl methyl sites for hydroxylation is 1. The molecular weight excluding hydrogens is 258 g/mol. The summed E-state index contributed by atoms with van der Waals surface area (Å²) >= 11 is 1.55. The number of hydrogen-bond donors (Lipinski definition) is 0. The number of ether oxygens (including phenoxy) is 1. The molecule has 0 fully saturated rings. The van der Waals surface area contributed by atoms with Crippen molar-refractivity contribution in [1.82, 2.24) is 4.98 Å². The molecule has 1 heterocycles. The smallest absolute Gasteiger partial charge is 0.357 e. The minimum absolute atomic E-state index is 0.219. The van der Waals surface area contributed by atoms with Gasteiger partial charge in [0.15, 0.2) is 5.69 Å². The summed E-state index contributed by atoms with van der Waals surface area (Å²) in [5.41, 5.74) is 1.38. The van der Waals surface area contributed by atoms with E-state index in [0.717, 1.165) is 9.88 Å². The van der Waals surface area contributed by atoms with Gasteiger partial charge in [-0.1, -0.05) is 30.3 Å². The van der Waals surface area contributed by atoms with Gasteiger partial charge in [0.05, 0.1) is 7.11 Å². The number of hydrogen-bond acceptors (Lipinski definition) is 4. The fourth-order valence-corrected chi connectivity index (χ4v) is 2.95. The molecule has 0 spiro atoms. The number of nitrogens with zero attached hydrogens (tertiary/aromatic N) is 1. The Kier molecular flexibility index (Phi) is 3.71. The summed E-state index contributed by atoms with van der Waals surface area (Å²) in [6.45, 7) is 6.12. The van der Waals surface area contributed by atoms with Gasteiger partial charge in [0, 0.05) is 10.3 Å². The largest absolute Gasteiger partial charge is 0.464 e. The summed E-state index contributed by atoms with van der Waals surface area (Å²) in [5.74, 6) is -0.371. The van der Waals surface area contributed by atoms with Gasteiger partial charge in [0.25, 0.3) is 0 Å². The standard InChI is InChI=1S/C15H17NO2S/c1-10-12(13(17)18-4)16-14(19-10)15(2,3)11-8-6-5-7-9-11/h5-9H,1-4H3. The molecule has 2 aromatic rings. The zero-order chi connectivity index (χ0) is 14.0. The lowest BCUT2D eigenvalue weighted by atomic mass is 9.85. The molecule has 0 aliphatic heterocycles. The van der Waals surface area contributed by atoms with E-state index in [-0.39, 0.29) is 11.4 Å². The van der Waals surface area contributed by atoms with Crippen LogP contribution in [0.15, 0.2) is 30.3 Å². The minimum atomic E-state index is -0.371. The summed E-state index contributed by atoms with van der Waals surface area (Å²) in [7, 11) is 1.38. The summed E-state index contributed by atoms with van der Waals surface area (Å²) < 4.78 is 4.75. The lowest BCUT2D eigenvalue weighted by molar-refractivity contribution is 0.0594. The number of benzene rings is 1. The number of carbonyl (C=O) groups is 1. The van der Waals surface area contributed by atoms with Crippen LogP contribution in [0, 0.1) is 6.92 Å². The molecule has 0 saturated carbocycles. The Morgan fingerprint density at radius 1 is 1.26 bits per heavy atom. The molecule has 0 N–H and O–H groups in total. The van der Waals surface area contributed by atoms with Crippen molar-refractivity contribution in [3.63, 3.8) is 0 Å². The molecular formula is C15H17NO2S. The fraction of sp³-hybridized carbons (Fsp3) is 0.333. The van der Waals surface area contributed by atoms with Crippen LogP contribution < -0.4 is 0 Å². The van der Waals surface area contributed by atoms with Gasteiger partial charge in [-0.2, -0.15) is 0 Å². The highest BCUT2D eigenvalue weighted by molar-refractivity contribution is 7.12. The van der Waals surface area contributed by atoms with Crippen molar-refractivity contribution >= 4 is 17.3 Å². The van der Waals surface area contributed by atoms with Crippen LogP contribution in [-0.2, 0) is 10.2 Å². The van der Waals surface area contributed by atoms with E-state index in [2.05, 4.69) is 31.0 Å². The first-order valence-electron chi connectivity index (χ1n) is 6.08. The van der Waals surface area contributed by atoms with E-state index in [4.69, 9.17) is 4.74 Å². The zero-order valence-electron chi connectivity index (χ0n) is 11.6. The lowest BCUT2D eigenvalue weighted by Crippen LogP contribution is -2.19. The number of rotatable bonds is 3. The van der Waals surface area contributed by atoms with E-state index in [9.17, 15) is 4.79 Å². The van der Waals surface area contributed by atoms with Crippen molar-refractivity contribution in [2.75, 3.05) is 7.11 Å². The number of aromatic nitrogens is 1. The Morgan fingerprint density at radius 3 is 2.47 bits per heavy atom. The highest BCUT2D eigenvalue weighted by Crippen LogP contribution is 2.35. The number of carbonyl (C=O) groups excluding carboxylic acids is 1. The molecule has 0 bridgehead atoms. The third-order valence-electron chi connectivity index (χ3n) is 3.21. The summed E-state index contributed by atoms with van der Waals surface area (Å²) in [6.07, 6.45) is 0. The molecule has 1 aromatic heterocycles. The molecule has 0 atom stereocenters. The van der Waals surface area contributed by atoms with Crippen LogP contribution in [0.1, 0.15) is 39.8 Å². The second-order valence-corrected chi connectivity index (χ2v) is 6.11. The van der Waals surface area contributed by atoms with Gasteiger partial charge in [-0.25, -0.2) is 9.78 Å². The molecule has 3 nitrogen and oxygen atoms in total. The van der Waals surface area contributed by atoms with Crippen LogP contribution in [0.3, 0.4) is 0 Å². The Balaban J connectivity index is 2.45. The monoisotopic (exact) mass is 275 g/mol. The van der Waals surface area contributed by atoms with Gasteiger partial charge < -0.3 is 4.74 Å². The SMILES string of the molecule is COC(=O)c1nc(C(C)(C)c2ccccc2)sc1C. The number of methoxy groups -OCH3 is 1. The molecule has 0 aliphatic carbocycles. The fourth-order valence-electron chi connectivity index (χ4n) is 1.93. The Labute approximate surface area is 117 Å². The highest BCUT2D eigenvalue weighted by Gasteiger charge is 2.29. The molecule has 19 heavy (non-hydrogen) atoms. The third-order valence-corrected chi connectivity index (χ3v) is 4.50. The molecule has 0 saturated heterocycles. The second-order valence-electron chi connectivity index (χ2n) is 4.91. The average Bonchev–Trinajstić information content (AvgIpc) is 2.81. The lowest BCUT2D eigenvalue weighted by Gasteiger charge is -2.22. The van der Waals surface area contributed by atoms with Gasteiger partial charge in [-0.15, -0.1) is 11.3 Å². The van der Waals surface area contributed by atoms with Gasteiger partial charge in [-0.3, -0.25) is 0 Å². The van der Waals surface area contributed by atoms with E-state index < -0.39 is 0 Å². The van der Waals surface area contributed by atoms with Crippen molar-refractivity contribution in [3.05, 3.63) is 51.5 Å². The predicted octanol–water partition coefficient (Wildman–Crippen LogP) is 3.56. The molecule has 100 valence electrons. The molecule has 4 heteroatoms. The normalized spacial score (nSPS) is 11.4. The Hall–Kier alpha value is -1.68. The molecule has 0 aliphatic rings. The second kappa shape index (κ2) is 5.13. The van der Waals surface area contributed by atoms with Gasteiger partial charge in [0.1, 0.15) is 5.01 Å². The molecule has 0 unspecified atom stereocenters. The number of esters is 1. The average molecular weight is 275 g/mol. The van der Waals surface area contributed by atoms with Crippen molar-refractivity contribution < 1.29 is 9.53 Å². The Bertz CT molecular complexity index is 587. The Morgan fingerprint density at radius 2 is 1.89 bits per heavy atom. The first-order chi connectivity index (χ1) is 8.96. The molecule has 1 aromatic carbocycles. The van der Waals surface area contributed by atoms with Crippen LogP contribution in [-0.4, -0.2) is 18.1 Å². The third kappa shape index (κ3) is 2.54. The molecule has 0 amide bonds. The van der Waals surface area contributed by atoms with Crippen molar-refractivity contribution in [1.29, 1.82) is 0 Å². The van der Waals surface area contributed by atoms with Gasteiger partial charge >= 0.3 is 5.97 Å². The maximum atomic E-state index is 11.6. The first kappa shape index (κ1) is 13.7. The number of thiazole rings is 1. The van der Waals surface area contributed by atoms with Crippen LogP contribution >= 0.6 is 11.3 Å². The highest BCUT2D eigenvalue weighted by atomic mass is 32.1. The van der Waals surface area contributed by atoms with Crippen molar-refractivity contribution in [3.8, 4) is 0 Å². The zero-order valence-corrected chi connectivity index (χ0v) is 12.4. The van der Waals surface area contributed by atoms with Crippen LogP contribution in [0.2, 0.25) is 0 Å². The van der Waals surface area contributed by atoms with E-state index in [1.54, 1.807) is 11.3 Å². The molecule has 0 radical (unpaired) electrons. The van der Waals surface area contributed by atoms with Gasteiger partial charge in [-0.05, 0) is 26.3 Å². The van der Waals surface area contributed by atoms with Crippen LogP contribution in [0.4, 0.5) is 0 Å². The molecule has 2 rings (SSSR count). The van der Waals surface area contributed by atoms with Gasteiger partial charge in [0.2, 0.25) is 0 Å². The first-order valence-corrected chi connectivity index (χ1v) is 6.90. The van der Waals surface area contributed by atoms with Crippen molar-refractivity contribution in [2.24, 2.45) is 0 Å². The predicted molar refractivity (Wildman–Crippen MR) is 76.8 cm³/mol. The minimum Gasteiger partial charge on any atom is -0.464 e.